The van der Waals surface area contributed by atoms with Crippen LogP contribution in [-0.4, -0.2) is 33.3 Å². The van der Waals surface area contributed by atoms with E-state index < -0.39 is 0 Å². The maximum Gasteiger partial charge on any atom is 0.160 e. The van der Waals surface area contributed by atoms with Crippen LogP contribution in [0.3, 0.4) is 0 Å². The summed E-state index contributed by atoms with van der Waals surface area (Å²) in [7, 11) is 0. The van der Waals surface area contributed by atoms with Crippen molar-refractivity contribution in [1.29, 1.82) is 0 Å². The number of nitrogens with one attached hydrogen (secondary N) is 1. The van der Waals surface area contributed by atoms with Crippen LogP contribution in [0.5, 0.6) is 5.75 Å². The molecule has 0 atom stereocenters. The molecule has 0 aliphatic carbocycles. The highest BCUT2D eigenvalue weighted by atomic mass is 35.5. The normalized spacial score (nSPS) is 11.4. The van der Waals surface area contributed by atoms with Crippen LogP contribution in [0.2, 0.25) is 10.2 Å². The molecule has 0 amide bonds. The van der Waals surface area contributed by atoms with Crippen LogP contribution in [0.15, 0.2) is 48.5 Å². The second-order valence-electron chi connectivity index (χ2n) is 6.79. The molecule has 0 bridgehead atoms. The SMILES string of the molecule is CCN(CC)Cc1cc(Nc2nnc(Cl)cc2/C=C/c2ccc(Cl)cc2)ccc1O. The lowest BCUT2D eigenvalue weighted by atomic mass is 10.1. The minimum atomic E-state index is 0.275. The van der Waals surface area contributed by atoms with Crippen LogP contribution in [0.25, 0.3) is 12.2 Å². The summed E-state index contributed by atoms with van der Waals surface area (Å²) >= 11 is 12.0. The number of hydrogen-bond donors (Lipinski definition) is 2. The molecule has 0 spiro atoms. The fourth-order valence-electron chi connectivity index (χ4n) is 2.98. The molecular formula is C23H24Cl2N4O. The Bertz CT molecular complexity index is 1020. The van der Waals surface area contributed by atoms with Crippen molar-refractivity contribution in [2.75, 3.05) is 18.4 Å². The van der Waals surface area contributed by atoms with Gasteiger partial charge in [-0.25, -0.2) is 0 Å². The Labute approximate surface area is 187 Å². The summed E-state index contributed by atoms with van der Waals surface area (Å²) in [6.07, 6.45) is 3.88. The zero-order valence-electron chi connectivity index (χ0n) is 16.9. The third-order valence-electron chi connectivity index (χ3n) is 4.75. The molecule has 7 heteroatoms. The van der Waals surface area contributed by atoms with Crippen molar-refractivity contribution in [2.24, 2.45) is 0 Å². The van der Waals surface area contributed by atoms with Crippen LogP contribution in [-0.2, 0) is 6.54 Å². The van der Waals surface area contributed by atoms with Gasteiger partial charge in [0.1, 0.15) is 5.75 Å². The molecule has 156 valence electrons. The van der Waals surface area contributed by atoms with Gasteiger partial charge in [-0.1, -0.05) is 61.3 Å². The fraction of sp³-hybridized carbons (Fsp3) is 0.217. The van der Waals surface area contributed by atoms with Crippen molar-refractivity contribution >= 4 is 46.9 Å². The van der Waals surface area contributed by atoms with Gasteiger partial charge in [-0.2, -0.15) is 0 Å². The van der Waals surface area contributed by atoms with Gasteiger partial charge in [-0.05, 0) is 55.1 Å². The Hall–Kier alpha value is -2.60. The Morgan fingerprint density at radius 3 is 2.40 bits per heavy atom. The molecule has 1 aromatic heterocycles. The summed E-state index contributed by atoms with van der Waals surface area (Å²) in [5, 5.41) is 22.7. The number of phenolic OH excluding ortho intramolecular Hbond substituents is 1. The molecule has 0 radical (unpaired) electrons. The maximum absolute atomic E-state index is 10.2. The van der Waals surface area contributed by atoms with E-state index >= 15 is 0 Å². The first kappa shape index (κ1) is 22.1. The van der Waals surface area contributed by atoms with Crippen LogP contribution >= 0.6 is 23.2 Å². The Balaban J connectivity index is 1.85. The van der Waals surface area contributed by atoms with Crippen molar-refractivity contribution in [1.82, 2.24) is 15.1 Å². The molecular weight excluding hydrogens is 419 g/mol. The Kier molecular flexibility index (Phi) is 7.69. The van der Waals surface area contributed by atoms with Gasteiger partial charge < -0.3 is 10.4 Å². The second-order valence-corrected chi connectivity index (χ2v) is 7.61. The first-order chi connectivity index (χ1) is 14.5. The number of anilines is 2. The van der Waals surface area contributed by atoms with Gasteiger partial charge in [0.25, 0.3) is 0 Å². The number of hydrogen-bond acceptors (Lipinski definition) is 5. The number of phenols is 1. The number of rotatable bonds is 8. The van der Waals surface area contributed by atoms with Gasteiger partial charge in [0.15, 0.2) is 11.0 Å². The predicted octanol–water partition coefficient (Wildman–Crippen LogP) is 6.24. The number of aromatic nitrogens is 2. The molecule has 0 fully saturated rings. The highest BCUT2D eigenvalue weighted by Crippen LogP contribution is 2.27. The van der Waals surface area contributed by atoms with E-state index in [0.717, 1.165) is 35.5 Å². The van der Waals surface area contributed by atoms with Gasteiger partial charge in [0.2, 0.25) is 0 Å². The van der Waals surface area contributed by atoms with Crippen LogP contribution in [0.1, 0.15) is 30.5 Å². The topological polar surface area (TPSA) is 61.3 Å². The zero-order valence-corrected chi connectivity index (χ0v) is 18.5. The Morgan fingerprint density at radius 2 is 1.70 bits per heavy atom. The number of halogens is 2. The third-order valence-corrected chi connectivity index (χ3v) is 5.19. The molecule has 2 aromatic carbocycles. The second kappa shape index (κ2) is 10.4. The quantitative estimate of drug-likeness (QED) is 0.403. The van der Waals surface area contributed by atoms with Gasteiger partial charge >= 0.3 is 0 Å². The van der Waals surface area contributed by atoms with Crippen molar-refractivity contribution < 1.29 is 5.11 Å². The molecule has 0 unspecified atom stereocenters. The predicted molar refractivity (Wildman–Crippen MR) is 125 cm³/mol. The van der Waals surface area contributed by atoms with Gasteiger partial charge in [-0.3, -0.25) is 4.90 Å². The number of aromatic hydroxyl groups is 1. The van der Waals surface area contributed by atoms with Crippen molar-refractivity contribution in [3.05, 3.63) is 75.4 Å². The molecule has 0 aliphatic rings. The van der Waals surface area contributed by atoms with Crippen LogP contribution in [0, 0.1) is 0 Å². The third kappa shape index (κ3) is 5.95. The average Bonchev–Trinajstić information content (AvgIpc) is 2.75. The monoisotopic (exact) mass is 442 g/mol. The summed E-state index contributed by atoms with van der Waals surface area (Å²) in [6.45, 7) is 6.70. The van der Waals surface area contributed by atoms with Crippen LogP contribution in [0.4, 0.5) is 11.5 Å². The molecule has 1 heterocycles. The van der Waals surface area contributed by atoms with E-state index in [9.17, 15) is 5.11 Å². The minimum Gasteiger partial charge on any atom is -0.508 e. The molecule has 3 rings (SSSR count). The molecule has 5 nitrogen and oxygen atoms in total. The standard InChI is InChI=1S/C23H24Cl2N4O/c1-3-29(4-2)15-18-13-20(11-12-21(18)30)26-23-17(14-22(25)27-28-23)8-5-16-6-9-19(24)10-7-16/h5-14,30H,3-4,15H2,1-2H3,(H,26,28)/b8-5+. The molecule has 0 saturated heterocycles. The van der Waals surface area contributed by atoms with E-state index in [0.29, 0.717) is 22.5 Å². The smallest absolute Gasteiger partial charge is 0.160 e. The zero-order chi connectivity index (χ0) is 21.5. The largest absolute Gasteiger partial charge is 0.508 e. The molecule has 0 saturated carbocycles. The van der Waals surface area contributed by atoms with E-state index in [2.05, 4.69) is 34.3 Å². The average molecular weight is 443 g/mol. The fourth-order valence-corrected chi connectivity index (χ4v) is 3.26. The maximum atomic E-state index is 10.2. The van der Waals surface area contributed by atoms with E-state index in [1.54, 1.807) is 12.1 Å². The first-order valence-corrected chi connectivity index (χ1v) is 10.5. The molecule has 3 aromatic rings. The highest BCUT2D eigenvalue weighted by molar-refractivity contribution is 6.30. The van der Waals surface area contributed by atoms with Gasteiger partial charge in [0.05, 0.1) is 0 Å². The lowest BCUT2D eigenvalue weighted by molar-refractivity contribution is 0.291. The summed E-state index contributed by atoms with van der Waals surface area (Å²) < 4.78 is 0. The van der Waals surface area contributed by atoms with Gasteiger partial charge in [-0.15, -0.1) is 10.2 Å². The summed E-state index contributed by atoms with van der Waals surface area (Å²) in [5.41, 5.74) is 3.46. The van der Waals surface area contributed by atoms with E-state index in [1.165, 1.54) is 0 Å². The van der Waals surface area contributed by atoms with E-state index in [4.69, 9.17) is 23.2 Å². The van der Waals surface area contributed by atoms with Crippen LogP contribution < -0.4 is 5.32 Å². The summed E-state index contributed by atoms with van der Waals surface area (Å²) in [4.78, 5) is 2.24. The van der Waals surface area contributed by atoms with Crippen molar-refractivity contribution in [3.8, 4) is 5.75 Å². The summed E-state index contributed by atoms with van der Waals surface area (Å²) in [6, 6.07) is 14.7. The molecule has 2 N–H and O–H groups in total. The summed E-state index contributed by atoms with van der Waals surface area (Å²) in [5.74, 6) is 0.849. The minimum absolute atomic E-state index is 0.275. The molecule has 30 heavy (non-hydrogen) atoms. The molecule has 0 aliphatic heterocycles. The lowest BCUT2D eigenvalue weighted by Gasteiger charge is -2.19. The number of nitrogens with zero attached hydrogens (tertiary/aromatic N) is 3. The Morgan fingerprint density at radius 1 is 0.967 bits per heavy atom. The lowest BCUT2D eigenvalue weighted by Crippen LogP contribution is -2.22. The first-order valence-electron chi connectivity index (χ1n) is 9.76. The van der Waals surface area contributed by atoms with Crippen molar-refractivity contribution in [3.63, 3.8) is 0 Å². The number of benzene rings is 2. The van der Waals surface area contributed by atoms with Crippen molar-refractivity contribution in [2.45, 2.75) is 20.4 Å². The van der Waals surface area contributed by atoms with Gasteiger partial charge in [0, 0.05) is 28.4 Å². The highest BCUT2D eigenvalue weighted by Gasteiger charge is 2.10. The van der Waals surface area contributed by atoms with E-state index in [-0.39, 0.29) is 5.75 Å². The van der Waals surface area contributed by atoms with E-state index in [1.807, 2.05) is 48.6 Å².